The smallest absolute Gasteiger partial charge is 0.279 e. The van der Waals surface area contributed by atoms with E-state index in [1.807, 2.05) is 0 Å². The highest BCUT2D eigenvalue weighted by atomic mass is 32.1. The van der Waals surface area contributed by atoms with E-state index in [0.29, 0.717) is 27.4 Å². The molecule has 2 aromatic carbocycles. The highest BCUT2D eigenvalue weighted by Gasteiger charge is 2.13. The summed E-state index contributed by atoms with van der Waals surface area (Å²) in [7, 11) is 4.71. The average Bonchev–Trinajstić information content (AvgIpc) is 2.96. The molecule has 0 spiro atoms. The number of carbonyl (C=O) groups is 1. The van der Waals surface area contributed by atoms with E-state index in [-0.39, 0.29) is 5.69 Å². The van der Waals surface area contributed by atoms with Crippen molar-refractivity contribution in [2.24, 2.45) is 12.0 Å². The van der Waals surface area contributed by atoms with Gasteiger partial charge in [-0.15, -0.1) is 0 Å². The van der Waals surface area contributed by atoms with E-state index in [4.69, 9.17) is 9.47 Å². The molecule has 0 saturated heterocycles. The first-order valence-electron chi connectivity index (χ1n) is 7.49. The standard InChI is InChI=1S/C17H15N3O5S/c1-19-12-9-11(20(22)23)5-7-15(12)26-17(19)18-16(21)10-4-6-13(24-2)14(8-10)25-3/h4-9H,1-3H3. The third-order valence-electron chi connectivity index (χ3n) is 3.83. The van der Waals surface area contributed by atoms with Gasteiger partial charge in [-0.05, 0) is 24.3 Å². The Kier molecular flexibility index (Phi) is 4.72. The Morgan fingerprint density at radius 3 is 2.54 bits per heavy atom. The van der Waals surface area contributed by atoms with Gasteiger partial charge >= 0.3 is 0 Å². The number of hydrogen-bond donors (Lipinski definition) is 0. The first-order chi connectivity index (χ1) is 12.4. The summed E-state index contributed by atoms with van der Waals surface area (Å²) in [5.74, 6) is 0.510. The lowest BCUT2D eigenvalue weighted by atomic mass is 10.2. The maximum atomic E-state index is 12.5. The number of nitrogens with zero attached hydrogens (tertiary/aromatic N) is 3. The lowest BCUT2D eigenvalue weighted by molar-refractivity contribution is -0.384. The van der Waals surface area contributed by atoms with Crippen molar-refractivity contribution in [1.29, 1.82) is 0 Å². The van der Waals surface area contributed by atoms with Crippen molar-refractivity contribution in [3.8, 4) is 11.5 Å². The van der Waals surface area contributed by atoms with Crippen LogP contribution in [0.3, 0.4) is 0 Å². The quantitative estimate of drug-likeness (QED) is 0.517. The van der Waals surface area contributed by atoms with Gasteiger partial charge in [0, 0.05) is 24.7 Å². The number of aryl methyl sites for hydroxylation is 1. The first kappa shape index (κ1) is 17.6. The molecule has 134 valence electrons. The van der Waals surface area contributed by atoms with Crippen LogP contribution in [0.1, 0.15) is 10.4 Å². The largest absolute Gasteiger partial charge is 0.493 e. The van der Waals surface area contributed by atoms with Crippen LogP contribution in [0.2, 0.25) is 0 Å². The van der Waals surface area contributed by atoms with Gasteiger partial charge < -0.3 is 14.0 Å². The maximum Gasteiger partial charge on any atom is 0.279 e. The molecule has 3 aromatic rings. The molecule has 0 atom stereocenters. The zero-order valence-corrected chi connectivity index (χ0v) is 15.1. The molecule has 0 aliphatic heterocycles. The molecule has 9 heteroatoms. The molecular formula is C17H15N3O5S. The highest BCUT2D eigenvalue weighted by Crippen LogP contribution is 2.28. The molecule has 0 N–H and O–H groups in total. The van der Waals surface area contributed by atoms with Crippen LogP contribution >= 0.6 is 11.3 Å². The molecule has 3 rings (SSSR count). The Morgan fingerprint density at radius 2 is 1.88 bits per heavy atom. The van der Waals surface area contributed by atoms with Gasteiger partial charge in [0.1, 0.15) is 0 Å². The van der Waals surface area contributed by atoms with Crippen molar-refractivity contribution in [2.75, 3.05) is 14.2 Å². The van der Waals surface area contributed by atoms with Gasteiger partial charge in [0.25, 0.3) is 11.6 Å². The Morgan fingerprint density at radius 1 is 1.15 bits per heavy atom. The molecule has 0 aliphatic rings. The summed E-state index contributed by atoms with van der Waals surface area (Å²) in [6.45, 7) is 0. The van der Waals surface area contributed by atoms with Crippen LogP contribution in [0.25, 0.3) is 10.2 Å². The third kappa shape index (κ3) is 3.16. The Bertz CT molecular complexity index is 1080. The molecule has 1 amide bonds. The summed E-state index contributed by atoms with van der Waals surface area (Å²) < 4.78 is 12.8. The number of methoxy groups -OCH3 is 2. The van der Waals surface area contributed by atoms with Crippen molar-refractivity contribution in [3.63, 3.8) is 0 Å². The number of nitro benzene ring substituents is 1. The van der Waals surface area contributed by atoms with Crippen LogP contribution in [0.5, 0.6) is 11.5 Å². The molecule has 0 fully saturated rings. The minimum Gasteiger partial charge on any atom is -0.493 e. The topological polar surface area (TPSA) is 96.0 Å². The van der Waals surface area contributed by atoms with Crippen LogP contribution in [-0.2, 0) is 7.05 Å². The van der Waals surface area contributed by atoms with Crippen molar-refractivity contribution in [2.45, 2.75) is 0 Å². The third-order valence-corrected chi connectivity index (χ3v) is 4.94. The zero-order chi connectivity index (χ0) is 18.8. The number of non-ortho nitro benzene ring substituents is 1. The van der Waals surface area contributed by atoms with E-state index >= 15 is 0 Å². The van der Waals surface area contributed by atoms with Gasteiger partial charge in [-0.3, -0.25) is 14.9 Å². The minimum absolute atomic E-state index is 0.0105. The van der Waals surface area contributed by atoms with Gasteiger partial charge in [0.05, 0.1) is 29.4 Å². The summed E-state index contributed by atoms with van der Waals surface area (Å²) in [5.41, 5.74) is 0.984. The second kappa shape index (κ2) is 6.96. The summed E-state index contributed by atoms with van der Waals surface area (Å²) in [6, 6.07) is 9.34. The zero-order valence-electron chi connectivity index (χ0n) is 14.3. The van der Waals surface area contributed by atoms with Gasteiger partial charge in [0.15, 0.2) is 16.3 Å². The van der Waals surface area contributed by atoms with E-state index < -0.39 is 10.8 Å². The van der Waals surface area contributed by atoms with Gasteiger partial charge in [-0.1, -0.05) is 11.3 Å². The predicted molar refractivity (Wildman–Crippen MR) is 96.9 cm³/mol. The van der Waals surface area contributed by atoms with Crippen molar-refractivity contribution >= 4 is 33.1 Å². The molecule has 0 unspecified atom stereocenters. The summed E-state index contributed by atoms with van der Waals surface area (Å²) in [4.78, 5) is 27.6. The molecule has 1 heterocycles. The van der Waals surface area contributed by atoms with Gasteiger partial charge in [-0.25, -0.2) is 0 Å². The number of ether oxygens (including phenoxy) is 2. The molecule has 8 nitrogen and oxygen atoms in total. The fourth-order valence-electron chi connectivity index (χ4n) is 2.46. The number of benzene rings is 2. The first-order valence-corrected chi connectivity index (χ1v) is 8.31. The molecule has 26 heavy (non-hydrogen) atoms. The lowest BCUT2D eigenvalue weighted by Crippen LogP contribution is -2.13. The number of thiazole rings is 1. The van der Waals surface area contributed by atoms with E-state index in [1.54, 1.807) is 35.9 Å². The SMILES string of the molecule is COc1ccc(C(=O)N=c2sc3ccc([N+](=O)[O-])cc3n2C)cc1OC. The number of nitro groups is 1. The summed E-state index contributed by atoms with van der Waals surface area (Å²) in [6.07, 6.45) is 0. The van der Waals surface area contributed by atoms with Crippen molar-refractivity contribution in [3.05, 3.63) is 56.9 Å². The lowest BCUT2D eigenvalue weighted by Gasteiger charge is -2.07. The molecular weight excluding hydrogens is 358 g/mol. The van der Waals surface area contributed by atoms with Crippen LogP contribution in [-0.4, -0.2) is 29.6 Å². The monoisotopic (exact) mass is 373 g/mol. The molecule has 0 saturated carbocycles. The van der Waals surface area contributed by atoms with Crippen LogP contribution in [0, 0.1) is 10.1 Å². The summed E-state index contributed by atoms with van der Waals surface area (Å²) in [5, 5.41) is 10.9. The maximum absolute atomic E-state index is 12.5. The highest BCUT2D eigenvalue weighted by molar-refractivity contribution is 7.16. The summed E-state index contributed by atoms with van der Waals surface area (Å²) >= 11 is 1.28. The number of carbonyl (C=O) groups excluding carboxylic acids is 1. The Labute approximate surface area is 152 Å². The van der Waals surface area contributed by atoms with Gasteiger partial charge in [0.2, 0.25) is 0 Å². The number of rotatable bonds is 4. The van der Waals surface area contributed by atoms with Gasteiger partial charge in [-0.2, -0.15) is 4.99 Å². The molecule has 0 radical (unpaired) electrons. The second-order valence-corrected chi connectivity index (χ2v) is 6.35. The Hall–Kier alpha value is -3.20. The number of amides is 1. The molecule has 0 aliphatic carbocycles. The normalized spacial score (nSPS) is 11.6. The van der Waals surface area contributed by atoms with E-state index in [2.05, 4.69) is 4.99 Å². The molecule has 0 bridgehead atoms. The van der Waals surface area contributed by atoms with Crippen LogP contribution < -0.4 is 14.3 Å². The van der Waals surface area contributed by atoms with E-state index in [1.165, 1.54) is 37.7 Å². The van der Waals surface area contributed by atoms with Crippen LogP contribution in [0.4, 0.5) is 5.69 Å². The fraction of sp³-hybridized carbons (Fsp3) is 0.176. The Balaban J connectivity index is 2.05. The molecule has 1 aromatic heterocycles. The van der Waals surface area contributed by atoms with E-state index in [9.17, 15) is 14.9 Å². The van der Waals surface area contributed by atoms with Crippen LogP contribution in [0.15, 0.2) is 41.4 Å². The van der Waals surface area contributed by atoms with Crippen molar-refractivity contribution in [1.82, 2.24) is 4.57 Å². The number of hydrogen-bond acceptors (Lipinski definition) is 6. The minimum atomic E-state index is -0.456. The number of fused-ring (bicyclic) bond motifs is 1. The predicted octanol–water partition coefficient (Wildman–Crippen LogP) is 2.91. The number of aromatic nitrogens is 1. The second-order valence-electron chi connectivity index (χ2n) is 5.34. The van der Waals surface area contributed by atoms with E-state index in [0.717, 1.165) is 4.70 Å². The fourth-order valence-corrected chi connectivity index (χ4v) is 3.45. The van der Waals surface area contributed by atoms with Crippen molar-refractivity contribution < 1.29 is 19.2 Å². The average molecular weight is 373 g/mol.